The first-order valence-corrected chi connectivity index (χ1v) is 13.0. The number of carbonyl (C=O) groups is 1. The van der Waals surface area contributed by atoms with Crippen LogP contribution >= 0.6 is 23.1 Å². The van der Waals surface area contributed by atoms with Gasteiger partial charge in [0.1, 0.15) is 10.6 Å². The first-order valence-electron chi connectivity index (χ1n) is 9.80. The monoisotopic (exact) mass is 497 g/mol. The number of aryl methyl sites for hydroxylation is 1. The Morgan fingerprint density at radius 1 is 1.09 bits per heavy atom. The average Bonchev–Trinajstić information content (AvgIpc) is 3.22. The summed E-state index contributed by atoms with van der Waals surface area (Å²) in [6.45, 7) is 1.88. The number of rotatable bonds is 8. The molecule has 0 saturated carbocycles. The first kappa shape index (κ1) is 23.0. The summed E-state index contributed by atoms with van der Waals surface area (Å²) in [5, 5.41) is 3.94. The zero-order chi connectivity index (χ0) is 23.3. The number of carbonyl (C=O) groups excluding carboxylic acids is 1. The number of thiazole rings is 1. The number of hydrogen-bond donors (Lipinski definition) is 1. The lowest BCUT2D eigenvalue weighted by Crippen LogP contribution is -2.19. The lowest BCUT2D eigenvalue weighted by Gasteiger charge is -2.07. The van der Waals surface area contributed by atoms with Gasteiger partial charge in [0, 0.05) is 0 Å². The number of thioether (sulfide) groups is 1. The minimum Gasteiger partial charge on any atom is -0.379 e. The van der Waals surface area contributed by atoms with E-state index in [1.807, 2.05) is 31.2 Å². The lowest BCUT2D eigenvalue weighted by molar-refractivity contribution is -0.118. The zero-order valence-electron chi connectivity index (χ0n) is 17.5. The van der Waals surface area contributed by atoms with Crippen molar-refractivity contribution in [2.45, 2.75) is 16.2 Å². The maximum atomic E-state index is 12.4. The molecule has 1 aromatic heterocycles. The molecule has 0 radical (unpaired) electrons. The van der Waals surface area contributed by atoms with E-state index >= 15 is 0 Å². The van der Waals surface area contributed by atoms with Crippen molar-refractivity contribution in [1.29, 1.82) is 0 Å². The third-order valence-electron chi connectivity index (χ3n) is 4.40. The van der Waals surface area contributed by atoms with Gasteiger partial charge in [-0.25, -0.2) is 10.4 Å². The van der Waals surface area contributed by atoms with E-state index in [-0.39, 0.29) is 22.3 Å². The van der Waals surface area contributed by atoms with E-state index in [9.17, 15) is 13.2 Å². The fourth-order valence-corrected chi connectivity index (χ4v) is 5.53. The molecule has 4 aromatic rings. The van der Waals surface area contributed by atoms with Crippen LogP contribution in [0.2, 0.25) is 0 Å². The molecule has 0 unspecified atom stereocenters. The van der Waals surface area contributed by atoms with Crippen LogP contribution in [-0.4, -0.2) is 31.3 Å². The van der Waals surface area contributed by atoms with Gasteiger partial charge in [0.05, 0.1) is 22.2 Å². The molecule has 1 heterocycles. The summed E-state index contributed by atoms with van der Waals surface area (Å²) < 4.78 is 31.8. The zero-order valence-corrected chi connectivity index (χ0v) is 19.9. The number of amides is 1. The fourth-order valence-electron chi connectivity index (χ4n) is 2.74. The fraction of sp³-hybridized carbons (Fsp3) is 0.0870. The summed E-state index contributed by atoms with van der Waals surface area (Å²) in [6, 6.07) is 20.6. The highest BCUT2D eigenvalue weighted by Gasteiger charge is 2.16. The molecule has 0 aliphatic carbocycles. The second kappa shape index (κ2) is 10.2. The molecule has 4 rings (SSSR count). The predicted molar refractivity (Wildman–Crippen MR) is 132 cm³/mol. The lowest BCUT2D eigenvalue weighted by atomic mass is 10.2. The predicted octanol–water partition coefficient (Wildman–Crippen LogP) is 4.61. The van der Waals surface area contributed by atoms with Crippen molar-refractivity contribution in [2.75, 3.05) is 5.75 Å². The number of fused-ring (bicyclic) bond motifs is 1. The standard InChI is InChI=1S/C23H19N3O4S3/c1-16-6-12-19(13-7-16)33(28,29)30-18-10-8-17(9-11-18)14-24-26-22(27)15-31-23-25-20-4-2-3-5-21(20)32-23/h2-14H,15H2,1H3,(H,26,27). The summed E-state index contributed by atoms with van der Waals surface area (Å²) in [5.74, 6) is 0.129. The molecule has 33 heavy (non-hydrogen) atoms. The Morgan fingerprint density at radius 3 is 2.55 bits per heavy atom. The highest BCUT2D eigenvalue weighted by Crippen LogP contribution is 2.29. The Labute approximate surface area is 199 Å². The van der Waals surface area contributed by atoms with E-state index in [2.05, 4.69) is 15.5 Å². The normalized spacial score (nSPS) is 11.7. The number of benzene rings is 3. The van der Waals surface area contributed by atoms with Crippen LogP contribution in [0.1, 0.15) is 11.1 Å². The van der Waals surface area contributed by atoms with Crippen LogP contribution < -0.4 is 9.61 Å². The van der Waals surface area contributed by atoms with Crippen LogP contribution in [0.5, 0.6) is 5.75 Å². The molecule has 0 saturated heterocycles. The van der Waals surface area contributed by atoms with Gasteiger partial charge >= 0.3 is 10.1 Å². The number of para-hydroxylation sites is 1. The van der Waals surface area contributed by atoms with Crippen LogP contribution in [0, 0.1) is 6.92 Å². The van der Waals surface area contributed by atoms with Crippen LogP contribution in [0.4, 0.5) is 0 Å². The van der Waals surface area contributed by atoms with Gasteiger partial charge in [0.2, 0.25) is 0 Å². The van der Waals surface area contributed by atoms with Gasteiger partial charge in [-0.3, -0.25) is 4.79 Å². The molecular formula is C23H19N3O4S3. The minimum absolute atomic E-state index is 0.0881. The largest absolute Gasteiger partial charge is 0.379 e. The SMILES string of the molecule is Cc1ccc(S(=O)(=O)Oc2ccc(C=NNC(=O)CSc3nc4ccccc4s3)cc2)cc1. The first-order chi connectivity index (χ1) is 15.9. The van der Waals surface area contributed by atoms with Crippen LogP contribution in [0.25, 0.3) is 10.2 Å². The van der Waals surface area contributed by atoms with Crippen molar-refractivity contribution in [2.24, 2.45) is 5.10 Å². The highest BCUT2D eigenvalue weighted by molar-refractivity contribution is 8.01. The summed E-state index contributed by atoms with van der Waals surface area (Å²) in [7, 11) is -3.91. The van der Waals surface area contributed by atoms with Gasteiger partial charge in [-0.05, 0) is 61.0 Å². The number of nitrogens with one attached hydrogen (secondary N) is 1. The molecule has 10 heteroatoms. The molecular weight excluding hydrogens is 478 g/mol. The summed E-state index contributed by atoms with van der Waals surface area (Å²) in [6.07, 6.45) is 1.47. The van der Waals surface area contributed by atoms with Crippen molar-refractivity contribution in [1.82, 2.24) is 10.4 Å². The van der Waals surface area contributed by atoms with E-state index in [0.717, 1.165) is 20.1 Å². The van der Waals surface area contributed by atoms with Gasteiger partial charge < -0.3 is 4.18 Å². The summed E-state index contributed by atoms with van der Waals surface area (Å²) >= 11 is 2.90. The molecule has 0 spiro atoms. The summed E-state index contributed by atoms with van der Waals surface area (Å²) in [4.78, 5) is 16.6. The molecule has 0 aliphatic rings. The molecule has 7 nitrogen and oxygen atoms in total. The van der Waals surface area contributed by atoms with Crippen molar-refractivity contribution in [3.05, 3.63) is 83.9 Å². The molecule has 0 bridgehead atoms. The molecule has 1 N–H and O–H groups in total. The van der Waals surface area contributed by atoms with E-state index in [4.69, 9.17) is 4.18 Å². The van der Waals surface area contributed by atoms with Crippen molar-refractivity contribution < 1.29 is 17.4 Å². The number of hydrazone groups is 1. The smallest absolute Gasteiger partial charge is 0.339 e. The van der Waals surface area contributed by atoms with Crippen LogP contribution in [0.15, 0.2) is 87.1 Å². The Hall–Kier alpha value is -3.21. The van der Waals surface area contributed by atoms with E-state index in [0.29, 0.717) is 5.56 Å². The van der Waals surface area contributed by atoms with Crippen LogP contribution in [-0.2, 0) is 14.9 Å². The maximum Gasteiger partial charge on any atom is 0.339 e. The van der Waals surface area contributed by atoms with Crippen LogP contribution in [0.3, 0.4) is 0 Å². The van der Waals surface area contributed by atoms with E-state index in [1.165, 1.54) is 42.2 Å². The Balaban J connectivity index is 1.27. The Morgan fingerprint density at radius 2 is 1.82 bits per heavy atom. The van der Waals surface area contributed by atoms with Crippen molar-refractivity contribution in [3.8, 4) is 5.75 Å². The van der Waals surface area contributed by atoms with Gasteiger partial charge in [0.25, 0.3) is 5.91 Å². The maximum absolute atomic E-state index is 12.4. The Kier molecular flexibility index (Phi) is 7.07. The third kappa shape index (κ3) is 6.19. The molecule has 168 valence electrons. The average molecular weight is 498 g/mol. The van der Waals surface area contributed by atoms with Gasteiger partial charge in [-0.2, -0.15) is 13.5 Å². The number of nitrogens with zero attached hydrogens (tertiary/aromatic N) is 2. The van der Waals surface area contributed by atoms with Gasteiger partial charge in [0.15, 0.2) is 4.34 Å². The summed E-state index contributed by atoms with van der Waals surface area (Å²) in [5.41, 5.74) is 5.03. The van der Waals surface area contributed by atoms with Gasteiger partial charge in [-0.15, -0.1) is 11.3 Å². The topological polar surface area (TPSA) is 97.7 Å². The second-order valence-corrected chi connectivity index (χ2v) is 10.7. The van der Waals surface area contributed by atoms with E-state index in [1.54, 1.807) is 35.6 Å². The molecule has 1 amide bonds. The minimum atomic E-state index is -3.91. The molecule has 0 aliphatic heterocycles. The molecule has 3 aromatic carbocycles. The highest BCUT2D eigenvalue weighted by atomic mass is 32.2. The Bertz CT molecular complexity index is 1360. The molecule has 0 fully saturated rings. The third-order valence-corrected chi connectivity index (χ3v) is 7.84. The quantitative estimate of drug-likeness (QED) is 0.165. The van der Waals surface area contributed by atoms with E-state index < -0.39 is 10.1 Å². The van der Waals surface area contributed by atoms with Crippen molar-refractivity contribution >= 4 is 55.6 Å². The van der Waals surface area contributed by atoms with Crippen molar-refractivity contribution in [3.63, 3.8) is 0 Å². The van der Waals surface area contributed by atoms with Gasteiger partial charge in [-0.1, -0.05) is 41.6 Å². The number of aromatic nitrogens is 1. The molecule has 0 atom stereocenters. The number of hydrogen-bond acceptors (Lipinski definition) is 8. The second-order valence-electron chi connectivity index (χ2n) is 6.95.